The highest BCUT2D eigenvalue weighted by molar-refractivity contribution is 4.31. The van der Waals surface area contributed by atoms with E-state index in [2.05, 4.69) is 0 Å². The van der Waals surface area contributed by atoms with Crippen molar-refractivity contribution in [2.24, 2.45) is 0 Å². The van der Waals surface area contributed by atoms with Crippen LogP contribution in [0.25, 0.3) is 0 Å². The minimum absolute atomic E-state index is 0.0417. The molecule has 0 aliphatic carbocycles. The molecule has 0 aliphatic heterocycles. The van der Waals surface area contributed by atoms with E-state index in [-0.39, 0.29) is 26.4 Å². The molecular weight excluding hydrogens is 336 g/mol. The van der Waals surface area contributed by atoms with Crippen molar-refractivity contribution in [1.82, 2.24) is 0 Å². The van der Waals surface area contributed by atoms with Gasteiger partial charge in [0.1, 0.15) is 0 Å². The Bertz CT molecular complexity index is 151. The highest BCUT2D eigenvalue weighted by Gasteiger charge is 1.87. The Balaban J connectivity index is -0.000000308. The van der Waals surface area contributed by atoms with E-state index in [0.29, 0.717) is 52.9 Å². The lowest BCUT2D eigenvalue weighted by molar-refractivity contribution is 0.0222. The summed E-state index contributed by atoms with van der Waals surface area (Å²) >= 11 is 0. The molecule has 0 aromatic carbocycles. The van der Waals surface area contributed by atoms with Gasteiger partial charge >= 0.3 is 0 Å². The summed E-state index contributed by atoms with van der Waals surface area (Å²) in [6.45, 7) is 9.12. The van der Waals surface area contributed by atoms with Crippen molar-refractivity contribution < 1.29 is 44.1 Å². The fourth-order valence-electron chi connectivity index (χ4n) is 1.11. The van der Waals surface area contributed by atoms with Gasteiger partial charge in [-0.1, -0.05) is 0 Å². The van der Waals surface area contributed by atoms with E-state index in [4.69, 9.17) is 44.1 Å². The topological polar surface area (TPSA) is 127 Å². The molecule has 0 saturated heterocycles. The molecule has 0 fully saturated rings. The van der Waals surface area contributed by atoms with Crippen LogP contribution in [-0.2, 0) is 23.7 Å². The zero-order valence-electron chi connectivity index (χ0n) is 15.7. The van der Waals surface area contributed by atoms with Gasteiger partial charge in [0, 0.05) is 13.2 Å². The smallest absolute Gasteiger partial charge is 0.0701 e. The second kappa shape index (κ2) is 34.9. The standard InChI is InChI=1S/2C6H14O4.C4H10O/c2*7-1-3-9-5-6-10-4-2-8;1-3-5-4-2/h2*7-8H,1-6H2;3-4H2,1-2H3. The molecule has 0 aliphatic rings. The van der Waals surface area contributed by atoms with Crippen LogP contribution in [0.5, 0.6) is 0 Å². The van der Waals surface area contributed by atoms with E-state index in [0.717, 1.165) is 13.2 Å². The number of hydrogen-bond acceptors (Lipinski definition) is 9. The number of rotatable bonds is 16. The van der Waals surface area contributed by atoms with Gasteiger partial charge in [-0.05, 0) is 13.8 Å². The van der Waals surface area contributed by atoms with Crippen LogP contribution in [0, 0.1) is 0 Å². The van der Waals surface area contributed by atoms with E-state index in [9.17, 15) is 0 Å². The first-order valence-electron chi connectivity index (χ1n) is 8.57. The van der Waals surface area contributed by atoms with Crippen LogP contribution in [-0.4, -0.2) is 113 Å². The van der Waals surface area contributed by atoms with Gasteiger partial charge in [-0.2, -0.15) is 0 Å². The molecular formula is C16H38O9. The summed E-state index contributed by atoms with van der Waals surface area (Å²) in [7, 11) is 0. The number of aliphatic hydroxyl groups is 4. The first-order chi connectivity index (χ1) is 12.2. The Labute approximate surface area is 151 Å². The second-order valence-electron chi connectivity index (χ2n) is 4.13. The average molecular weight is 374 g/mol. The fourth-order valence-corrected chi connectivity index (χ4v) is 1.11. The van der Waals surface area contributed by atoms with E-state index >= 15 is 0 Å². The lowest BCUT2D eigenvalue weighted by Crippen LogP contribution is -2.09. The molecule has 0 aromatic rings. The Hall–Kier alpha value is -0.360. The van der Waals surface area contributed by atoms with Gasteiger partial charge in [-0.25, -0.2) is 0 Å². The molecule has 25 heavy (non-hydrogen) atoms. The normalized spacial score (nSPS) is 9.84. The molecule has 0 spiro atoms. The highest BCUT2D eigenvalue weighted by Crippen LogP contribution is 1.77. The van der Waals surface area contributed by atoms with Crippen LogP contribution >= 0.6 is 0 Å². The first-order valence-corrected chi connectivity index (χ1v) is 8.57. The zero-order valence-corrected chi connectivity index (χ0v) is 15.7. The van der Waals surface area contributed by atoms with Gasteiger partial charge in [-0.3, -0.25) is 0 Å². The summed E-state index contributed by atoms with van der Waals surface area (Å²) in [5, 5.41) is 33.1. The van der Waals surface area contributed by atoms with E-state index in [1.54, 1.807) is 0 Å². The second-order valence-corrected chi connectivity index (χ2v) is 4.13. The van der Waals surface area contributed by atoms with E-state index in [1.807, 2.05) is 13.8 Å². The molecule has 9 heteroatoms. The van der Waals surface area contributed by atoms with Crippen molar-refractivity contribution in [3.05, 3.63) is 0 Å². The maximum Gasteiger partial charge on any atom is 0.0701 e. The zero-order chi connectivity index (χ0) is 19.4. The van der Waals surface area contributed by atoms with Crippen molar-refractivity contribution in [3.8, 4) is 0 Å². The van der Waals surface area contributed by atoms with E-state index < -0.39 is 0 Å². The van der Waals surface area contributed by atoms with Crippen LogP contribution in [0.4, 0.5) is 0 Å². The lowest BCUT2D eigenvalue weighted by atomic mass is 10.7. The molecule has 4 N–H and O–H groups in total. The van der Waals surface area contributed by atoms with Gasteiger partial charge in [0.25, 0.3) is 0 Å². The average Bonchev–Trinajstić information content (AvgIpc) is 2.63. The largest absolute Gasteiger partial charge is 0.394 e. The minimum Gasteiger partial charge on any atom is -0.394 e. The summed E-state index contributed by atoms with van der Waals surface area (Å²) in [6, 6.07) is 0. The quantitative estimate of drug-likeness (QED) is 0.253. The summed E-state index contributed by atoms with van der Waals surface area (Å²) in [4.78, 5) is 0. The van der Waals surface area contributed by atoms with Crippen molar-refractivity contribution in [3.63, 3.8) is 0 Å². The molecule has 0 aromatic heterocycles. The molecule has 0 amide bonds. The molecule has 0 saturated carbocycles. The van der Waals surface area contributed by atoms with Crippen LogP contribution in [0.2, 0.25) is 0 Å². The van der Waals surface area contributed by atoms with Gasteiger partial charge in [0.05, 0.1) is 79.3 Å². The Kier molecular flexibility index (Phi) is 41.0. The summed E-state index contributed by atoms with van der Waals surface area (Å²) in [6.07, 6.45) is 0. The Morgan fingerprint density at radius 2 is 0.640 bits per heavy atom. The van der Waals surface area contributed by atoms with Crippen molar-refractivity contribution in [2.75, 3.05) is 92.5 Å². The van der Waals surface area contributed by atoms with Gasteiger partial charge in [0.15, 0.2) is 0 Å². The lowest BCUT2D eigenvalue weighted by Gasteiger charge is -2.01. The van der Waals surface area contributed by atoms with Crippen LogP contribution in [0.3, 0.4) is 0 Å². The van der Waals surface area contributed by atoms with Gasteiger partial charge < -0.3 is 44.1 Å². The Morgan fingerprint density at radius 3 is 0.760 bits per heavy atom. The Morgan fingerprint density at radius 1 is 0.400 bits per heavy atom. The minimum atomic E-state index is 0.0417. The predicted octanol–water partition coefficient (Wildman–Crippen LogP) is -0.949. The number of aliphatic hydroxyl groups excluding tert-OH is 4. The van der Waals surface area contributed by atoms with Crippen LogP contribution in [0.15, 0.2) is 0 Å². The summed E-state index contributed by atoms with van der Waals surface area (Å²) < 4.78 is 24.3. The predicted molar refractivity (Wildman–Crippen MR) is 93.8 cm³/mol. The summed E-state index contributed by atoms with van der Waals surface area (Å²) in [5.41, 5.74) is 0. The molecule has 9 nitrogen and oxygen atoms in total. The molecule has 0 atom stereocenters. The van der Waals surface area contributed by atoms with Gasteiger partial charge in [-0.15, -0.1) is 0 Å². The summed E-state index contributed by atoms with van der Waals surface area (Å²) in [5.74, 6) is 0. The highest BCUT2D eigenvalue weighted by atomic mass is 16.5. The van der Waals surface area contributed by atoms with Crippen molar-refractivity contribution >= 4 is 0 Å². The maximum atomic E-state index is 8.26. The van der Waals surface area contributed by atoms with Crippen LogP contribution in [0.1, 0.15) is 13.8 Å². The third-order valence-corrected chi connectivity index (χ3v) is 2.09. The molecule has 156 valence electrons. The van der Waals surface area contributed by atoms with Crippen molar-refractivity contribution in [1.29, 1.82) is 0 Å². The SMILES string of the molecule is CCOCC.OCCOCCOCCO.OCCOCCOCCO. The van der Waals surface area contributed by atoms with Gasteiger partial charge in [0.2, 0.25) is 0 Å². The number of hydrogen-bond donors (Lipinski definition) is 4. The molecule has 0 bridgehead atoms. The molecule has 0 rings (SSSR count). The molecule has 0 heterocycles. The first kappa shape index (κ1) is 29.4. The number of ether oxygens (including phenoxy) is 5. The maximum absolute atomic E-state index is 8.26. The van der Waals surface area contributed by atoms with E-state index in [1.165, 1.54) is 0 Å². The third kappa shape index (κ3) is 45.3. The third-order valence-electron chi connectivity index (χ3n) is 2.09. The molecule has 0 radical (unpaired) electrons. The van der Waals surface area contributed by atoms with Crippen molar-refractivity contribution in [2.45, 2.75) is 13.8 Å². The fraction of sp³-hybridized carbons (Fsp3) is 1.00. The van der Waals surface area contributed by atoms with Crippen LogP contribution < -0.4 is 0 Å². The monoisotopic (exact) mass is 374 g/mol. The molecule has 0 unspecified atom stereocenters.